The van der Waals surface area contributed by atoms with Crippen molar-refractivity contribution in [1.29, 1.82) is 0 Å². The van der Waals surface area contributed by atoms with Crippen LogP contribution in [0, 0.1) is 6.92 Å². The summed E-state index contributed by atoms with van der Waals surface area (Å²) in [6, 6.07) is 14.4. The van der Waals surface area contributed by atoms with Gasteiger partial charge in [0.15, 0.2) is 0 Å². The first-order valence-corrected chi connectivity index (χ1v) is 7.66. The Labute approximate surface area is 134 Å². The van der Waals surface area contributed by atoms with Gasteiger partial charge >= 0.3 is 0 Å². The minimum absolute atomic E-state index is 0.175. The average molecular weight is 306 g/mol. The van der Waals surface area contributed by atoms with Crippen molar-refractivity contribution in [1.82, 2.24) is 9.97 Å². The lowest BCUT2D eigenvalue weighted by Crippen LogP contribution is -2.15. The van der Waals surface area contributed by atoms with E-state index in [0.717, 1.165) is 28.9 Å². The van der Waals surface area contributed by atoms with Gasteiger partial charge < -0.3 is 15.4 Å². The second-order valence-electron chi connectivity index (χ2n) is 5.68. The van der Waals surface area contributed by atoms with Crippen LogP contribution in [0.3, 0.4) is 0 Å². The van der Waals surface area contributed by atoms with Gasteiger partial charge in [-0.15, -0.1) is 0 Å². The highest BCUT2D eigenvalue weighted by Crippen LogP contribution is 2.31. The molecule has 0 fully saturated rings. The van der Waals surface area contributed by atoms with Crippen LogP contribution < -0.4 is 15.4 Å². The van der Waals surface area contributed by atoms with Crippen molar-refractivity contribution in [3.8, 4) is 5.75 Å². The molecule has 0 bridgehead atoms. The predicted molar refractivity (Wildman–Crippen MR) is 92.1 cm³/mol. The van der Waals surface area contributed by atoms with Gasteiger partial charge in [-0.3, -0.25) is 0 Å². The summed E-state index contributed by atoms with van der Waals surface area (Å²) in [6.45, 7) is 2.83. The van der Waals surface area contributed by atoms with E-state index in [2.05, 4.69) is 38.8 Å². The number of benzene rings is 2. The van der Waals surface area contributed by atoms with E-state index in [0.29, 0.717) is 5.95 Å². The first-order chi connectivity index (χ1) is 11.2. The molecule has 23 heavy (non-hydrogen) atoms. The van der Waals surface area contributed by atoms with Crippen molar-refractivity contribution in [3.05, 3.63) is 53.7 Å². The summed E-state index contributed by atoms with van der Waals surface area (Å²) in [4.78, 5) is 9.25. The molecule has 2 N–H and O–H groups in total. The molecule has 2 heterocycles. The van der Waals surface area contributed by atoms with Crippen LogP contribution in [0.2, 0.25) is 0 Å². The molecule has 0 amide bonds. The number of aryl methyl sites for hydroxylation is 1. The Bertz CT molecular complexity index is 878. The molecule has 1 unspecified atom stereocenters. The third kappa shape index (κ3) is 2.44. The van der Waals surface area contributed by atoms with Gasteiger partial charge in [-0.1, -0.05) is 18.2 Å². The van der Waals surface area contributed by atoms with Gasteiger partial charge in [-0.25, -0.2) is 9.97 Å². The molecular weight excluding hydrogens is 288 g/mol. The topological polar surface area (TPSA) is 59.1 Å². The second-order valence-corrected chi connectivity index (χ2v) is 5.68. The highest BCUT2D eigenvalue weighted by Gasteiger charge is 2.22. The molecule has 0 saturated heterocycles. The van der Waals surface area contributed by atoms with E-state index in [1.807, 2.05) is 31.2 Å². The molecule has 3 aromatic rings. The predicted octanol–water partition coefficient (Wildman–Crippen LogP) is 3.53. The van der Waals surface area contributed by atoms with Gasteiger partial charge in [0, 0.05) is 23.7 Å². The minimum Gasteiger partial charge on any atom is -0.497 e. The number of anilines is 2. The Morgan fingerprint density at radius 3 is 2.91 bits per heavy atom. The standard InChI is InChI=1S/C18H18N4O/c1-11-13-8-7-12(23-2)9-16(13)21-18(20-11)22-17-10-19-15-6-4-3-5-14(15)17/h3-9,17,19H,10H2,1-2H3,(H,20,21,22). The normalized spacial score (nSPS) is 16.0. The van der Waals surface area contributed by atoms with E-state index >= 15 is 0 Å². The minimum atomic E-state index is 0.175. The summed E-state index contributed by atoms with van der Waals surface area (Å²) in [7, 11) is 1.66. The third-order valence-corrected chi connectivity index (χ3v) is 4.23. The molecule has 2 aromatic carbocycles. The van der Waals surface area contributed by atoms with E-state index in [1.54, 1.807) is 7.11 Å². The van der Waals surface area contributed by atoms with Gasteiger partial charge in [0.1, 0.15) is 5.75 Å². The molecule has 1 aliphatic heterocycles. The Hall–Kier alpha value is -2.82. The number of nitrogens with one attached hydrogen (secondary N) is 2. The van der Waals surface area contributed by atoms with E-state index in [1.165, 1.54) is 11.3 Å². The maximum Gasteiger partial charge on any atom is 0.224 e. The Balaban J connectivity index is 1.70. The van der Waals surface area contributed by atoms with Gasteiger partial charge in [0.05, 0.1) is 24.4 Å². The van der Waals surface area contributed by atoms with Crippen LogP contribution in [-0.2, 0) is 0 Å². The monoisotopic (exact) mass is 306 g/mol. The van der Waals surface area contributed by atoms with Crippen molar-refractivity contribution in [2.75, 3.05) is 24.3 Å². The van der Waals surface area contributed by atoms with Crippen LogP contribution in [0.4, 0.5) is 11.6 Å². The Morgan fingerprint density at radius 1 is 1.17 bits per heavy atom. The van der Waals surface area contributed by atoms with Gasteiger partial charge in [0.2, 0.25) is 5.95 Å². The maximum atomic E-state index is 5.29. The van der Waals surface area contributed by atoms with Gasteiger partial charge in [-0.05, 0) is 30.7 Å². The molecule has 1 aromatic heterocycles. The van der Waals surface area contributed by atoms with E-state index in [9.17, 15) is 0 Å². The summed E-state index contributed by atoms with van der Waals surface area (Å²) in [5, 5.41) is 7.89. The van der Waals surface area contributed by atoms with Gasteiger partial charge in [-0.2, -0.15) is 0 Å². The maximum absolute atomic E-state index is 5.29. The smallest absolute Gasteiger partial charge is 0.224 e. The highest BCUT2D eigenvalue weighted by molar-refractivity contribution is 5.83. The summed E-state index contributed by atoms with van der Waals surface area (Å²) < 4.78 is 5.29. The van der Waals surface area contributed by atoms with E-state index in [-0.39, 0.29) is 6.04 Å². The number of hydrogen-bond acceptors (Lipinski definition) is 5. The zero-order chi connectivity index (χ0) is 15.8. The number of hydrogen-bond donors (Lipinski definition) is 2. The van der Waals surface area contributed by atoms with Crippen LogP contribution in [0.15, 0.2) is 42.5 Å². The summed E-state index contributed by atoms with van der Waals surface area (Å²) in [6.07, 6.45) is 0. The van der Waals surface area contributed by atoms with Crippen molar-refractivity contribution in [3.63, 3.8) is 0 Å². The second kappa shape index (κ2) is 5.43. The first kappa shape index (κ1) is 13.8. The lowest BCUT2D eigenvalue weighted by Gasteiger charge is -2.14. The van der Waals surface area contributed by atoms with Crippen molar-refractivity contribution >= 4 is 22.5 Å². The molecule has 1 aliphatic rings. The fraction of sp³-hybridized carbons (Fsp3) is 0.222. The Kier molecular flexibility index (Phi) is 3.26. The van der Waals surface area contributed by atoms with Crippen molar-refractivity contribution in [2.24, 2.45) is 0 Å². The fourth-order valence-corrected chi connectivity index (χ4v) is 3.03. The summed E-state index contributed by atoms with van der Waals surface area (Å²) in [5.41, 5.74) is 4.27. The molecule has 0 saturated carbocycles. The molecule has 116 valence electrons. The lowest BCUT2D eigenvalue weighted by atomic mass is 10.1. The zero-order valence-electron chi connectivity index (χ0n) is 13.1. The van der Waals surface area contributed by atoms with Crippen LogP contribution in [0.5, 0.6) is 5.75 Å². The zero-order valence-corrected chi connectivity index (χ0v) is 13.1. The summed E-state index contributed by atoms with van der Waals surface area (Å²) >= 11 is 0. The largest absolute Gasteiger partial charge is 0.497 e. The van der Waals surface area contributed by atoms with E-state index in [4.69, 9.17) is 4.74 Å². The van der Waals surface area contributed by atoms with Crippen LogP contribution in [0.1, 0.15) is 17.3 Å². The van der Waals surface area contributed by atoms with Crippen LogP contribution >= 0.6 is 0 Å². The fourth-order valence-electron chi connectivity index (χ4n) is 3.03. The number of ether oxygens (including phenoxy) is 1. The van der Waals surface area contributed by atoms with Crippen molar-refractivity contribution < 1.29 is 4.74 Å². The number of rotatable bonds is 3. The van der Waals surface area contributed by atoms with E-state index < -0.39 is 0 Å². The number of nitrogens with zero attached hydrogens (tertiary/aromatic N) is 2. The number of methoxy groups -OCH3 is 1. The molecule has 5 nitrogen and oxygen atoms in total. The molecule has 5 heteroatoms. The third-order valence-electron chi connectivity index (χ3n) is 4.23. The number of fused-ring (bicyclic) bond motifs is 2. The molecule has 0 spiro atoms. The molecule has 0 radical (unpaired) electrons. The Morgan fingerprint density at radius 2 is 2.04 bits per heavy atom. The molecule has 1 atom stereocenters. The SMILES string of the molecule is COc1ccc2c(C)nc(NC3CNc4ccccc43)nc2c1. The molecule has 4 rings (SSSR count). The van der Waals surface area contributed by atoms with Crippen molar-refractivity contribution in [2.45, 2.75) is 13.0 Å². The van der Waals surface area contributed by atoms with Crippen LogP contribution in [-0.4, -0.2) is 23.6 Å². The van der Waals surface area contributed by atoms with Crippen LogP contribution in [0.25, 0.3) is 10.9 Å². The summed E-state index contributed by atoms with van der Waals surface area (Å²) in [5.74, 6) is 1.45. The van der Waals surface area contributed by atoms with Gasteiger partial charge in [0.25, 0.3) is 0 Å². The lowest BCUT2D eigenvalue weighted by molar-refractivity contribution is 0.415. The first-order valence-electron chi connectivity index (χ1n) is 7.66. The average Bonchev–Trinajstić information content (AvgIpc) is 2.97. The highest BCUT2D eigenvalue weighted by atomic mass is 16.5. The number of para-hydroxylation sites is 1. The molecular formula is C18H18N4O. The molecule has 0 aliphatic carbocycles. The quantitative estimate of drug-likeness (QED) is 0.775. The number of aromatic nitrogens is 2.